The Morgan fingerprint density at radius 3 is 2.55 bits per heavy atom. The number of carboxylic acid groups (broad SMARTS) is 1. The van der Waals surface area contributed by atoms with E-state index in [9.17, 15) is 14.0 Å². The van der Waals surface area contributed by atoms with Crippen LogP contribution < -0.4 is 16.5 Å². The predicted octanol–water partition coefficient (Wildman–Crippen LogP) is -1.18. The fourth-order valence-electron chi connectivity index (χ4n) is 1.79. The molecule has 0 aliphatic rings. The summed E-state index contributed by atoms with van der Waals surface area (Å²) in [6.07, 6.45) is 1.33. The molecule has 0 fully saturated rings. The van der Waals surface area contributed by atoms with Gasteiger partial charge in [-0.25, -0.2) is 4.39 Å². The van der Waals surface area contributed by atoms with Crippen molar-refractivity contribution >= 4 is 24.5 Å². The molecule has 0 unspecified atom stereocenters. The van der Waals surface area contributed by atoms with E-state index in [1.165, 1.54) is 12.1 Å². The van der Waals surface area contributed by atoms with Crippen molar-refractivity contribution in [1.82, 2.24) is 5.32 Å². The van der Waals surface area contributed by atoms with Gasteiger partial charge < -0.3 is 26.2 Å². The van der Waals surface area contributed by atoms with E-state index < -0.39 is 30.9 Å². The summed E-state index contributed by atoms with van der Waals surface area (Å²) in [6.45, 7) is 0.259. The topological polar surface area (TPSA) is 133 Å². The maximum atomic E-state index is 13.7. The number of nitrogens with one attached hydrogen (secondary N) is 1. The van der Waals surface area contributed by atoms with Crippen molar-refractivity contribution in [2.24, 2.45) is 5.73 Å². The highest BCUT2D eigenvalue weighted by molar-refractivity contribution is 6.58. The lowest BCUT2D eigenvalue weighted by molar-refractivity contribution is -0.138. The number of amides is 1. The molecule has 0 bridgehead atoms. The maximum absolute atomic E-state index is 13.7. The molecule has 0 saturated heterocycles. The average molecular weight is 312 g/mol. The van der Waals surface area contributed by atoms with Crippen molar-refractivity contribution < 1.29 is 29.1 Å². The lowest BCUT2D eigenvalue weighted by Gasteiger charge is -2.08. The van der Waals surface area contributed by atoms with E-state index in [0.717, 1.165) is 6.07 Å². The Balaban J connectivity index is 2.41. The van der Waals surface area contributed by atoms with E-state index in [-0.39, 0.29) is 17.6 Å². The molecular weight excluding hydrogens is 294 g/mol. The van der Waals surface area contributed by atoms with E-state index in [2.05, 4.69) is 5.32 Å². The first-order valence-corrected chi connectivity index (χ1v) is 6.75. The number of nitrogens with two attached hydrogens (primary N) is 1. The summed E-state index contributed by atoms with van der Waals surface area (Å²) in [6, 6.07) is 2.37. The maximum Gasteiger partial charge on any atom is 0.488 e. The van der Waals surface area contributed by atoms with E-state index in [4.69, 9.17) is 20.9 Å². The number of halogens is 1. The molecule has 1 rings (SSSR count). The van der Waals surface area contributed by atoms with Gasteiger partial charge in [0, 0.05) is 6.54 Å². The third-order valence-corrected chi connectivity index (χ3v) is 3.08. The van der Waals surface area contributed by atoms with E-state index >= 15 is 0 Å². The largest absolute Gasteiger partial charge is 0.488 e. The molecule has 9 heteroatoms. The number of hydrogen-bond donors (Lipinski definition) is 5. The van der Waals surface area contributed by atoms with Crippen LogP contribution in [-0.2, 0) is 4.79 Å². The van der Waals surface area contributed by atoms with Gasteiger partial charge in [0.15, 0.2) is 0 Å². The molecule has 1 aromatic rings. The SMILES string of the molecule is N[C@@H](CCCCNC(=O)c1ccc(B(O)O)cc1F)C(=O)O. The molecule has 0 spiro atoms. The molecule has 0 radical (unpaired) electrons. The first-order valence-electron chi connectivity index (χ1n) is 6.75. The summed E-state index contributed by atoms with van der Waals surface area (Å²) < 4.78 is 13.7. The van der Waals surface area contributed by atoms with Gasteiger partial charge in [-0.2, -0.15) is 0 Å². The second kappa shape index (κ2) is 8.47. The summed E-state index contributed by atoms with van der Waals surface area (Å²) in [7, 11) is -1.80. The number of rotatable bonds is 8. The van der Waals surface area contributed by atoms with Gasteiger partial charge in [-0.05, 0) is 36.9 Å². The number of carbonyl (C=O) groups is 2. The van der Waals surface area contributed by atoms with Crippen molar-refractivity contribution in [3.8, 4) is 0 Å². The number of carbonyl (C=O) groups excluding carboxylic acids is 1. The van der Waals surface area contributed by atoms with Crippen LogP contribution in [0.25, 0.3) is 0 Å². The molecular formula is C13H18BFN2O5. The van der Waals surface area contributed by atoms with Crippen molar-refractivity contribution in [3.63, 3.8) is 0 Å². The standard InChI is InChI=1S/C13H18BFN2O5/c15-10-7-8(14(21)22)4-5-9(10)12(18)17-6-2-1-3-11(16)13(19)20/h4-5,7,11,21-22H,1-3,6,16H2,(H,17,18)(H,19,20)/t11-/m0/s1. The molecule has 1 aromatic carbocycles. The summed E-state index contributed by atoms with van der Waals surface area (Å²) in [5.74, 6) is -2.55. The first-order chi connectivity index (χ1) is 10.3. The molecule has 1 atom stereocenters. The third kappa shape index (κ3) is 5.43. The molecule has 22 heavy (non-hydrogen) atoms. The van der Waals surface area contributed by atoms with Crippen molar-refractivity contribution in [2.45, 2.75) is 25.3 Å². The second-order valence-corrected chi connectivity index (χ2v) is 4.81. The fraction of sp³-hybridized carbons (Fsp3) is 0.385. The molecule has 0 aliphatic heterocycles. The smallest absolute Gasteiger partial charge is 0.480 e. The number of benzene rings is 1. The number of aliphatic carboxylic acids is 1. The Morgan fingerprint density at radius 1 is 1.32 bits per heavy atom. The predicted molar refractivity (Wildman–Crippen MR) is 78.0 cm³/mol. The Morgan fingerprint density at radius 2 is 2.00 bits per heavy atom. The molecule has 0 aliphatic carbocycles. The van der Waals surface area contributed by atoms with Crippen LogP contribution in [0.2, 0.25) is 0 Å². The molecule has 1 amide bonds. The highest BCUT2D eigenvalue weighted by atomic mass is 19.1. The summed E-state index contributed by atoms with van der Waals surface area (Å²) in [4.78, 5) is 22.3. The number of unbranched alkanes of at least 4 members (excludes halogenated alkanes) is 1. The molecule has 7 nitrogen and oxygen atoms in total. The Bertz CT molecular complexity index is 541. The van der Waals surface area contributed by atoms with Crippen LogP contribution in [-0.4, -0.2) is 46.7 Å². The molecule has 0 saturated carbocycles. The van der Waals surface area contributed by atoms with Crippen LogP contribution >= 0.6 is 0 Å². The summed E-state index contributed by atoms with van der Waals surface area (Å²) in [5.41, 5.74) is 5.08. The lowest BCUT2D eigenvalue weighted by atomic mass is 9.80. The van der Waals surface area contributed by atoms with Crippen molar-refractivity contribution in [2.75, 3.05) is 6.54 Å². The summed E-state index contributed by atoms with van der Waals surface area (Å²) in [5, 5.41) is 28.9. The van der Waals surface area contributed by atoms with Crippen molar-refractivity contribution in [1.29, 1.82) is 0 Å². The number of hydrogen-bond acceptors (Lipinski definition) is 5. The minimum atomic E-state index is -1.80. The van der Waals surface area contributed by atoms with Gasteiger partial charge in [0.2, 0.25) is 0 Å². The van der Waals surface area contributed by atoms with Crippen LogP contribution in [0.15, 0.2) is 18.2 Å². The zero-order valence-corrected chi connectivity index (χ0v) is 11.8. The molecule has 0 aromatic heterocycles. The van der Waals surface area contributed by atoms with E-state index in [1.807, 2.05) is 0 Å². The lowest BCUT2D eigenvalue weighted by Crippen LogP contribution is -2.32. The molecule has 6 N–H and O–H groups in total. The Hall–Kier alpha value is -1.97. The first kappa shape index (κ1) is 18.1. The van der Waals surface area contributed by atoms with Crippen molar-refractivity contribution in [3.05, 3.63) is 29.6 Å². The van der Waals surface area contributed by atoms with Gasteiger partial charge in [-0.1, -0.05) is 6.07 Å². The average Bonchev–Trinajstić information content (AvgIpc) is 2.45. The van der Waals surface area contributed by atoms with Crippen LogP contribution in [0, 0.1) is 5.82 Å². The van der Waals surface area contributed by atoms with E-state index in [0.29, 0.717) is 19.3 Å². The monoisotopic (exact) mass is 312 g/mol. The minimum Gasteiger partial charge on any atom is -0.480 e. The van der Waals surface area contributed by atoms with Crippen LogP contribution in [0.5, 0.6) is 0 Å². The second-order valence-electron chi connectivity index (χ2n) is 4.81. The zero-order valence-electron chi connectivity index (χ0n) is 11.8. The van der Waals surface area contributed by atoms with Gasteiger partial charge >= 0.3 is 13.1 Å². The zero-order chi connectivity index (χ0) is 16.7. The van der Waals surface area contributed by atoms with Gasteiger partial charge in [-0.3, -0.25) is 9.59 Å². The highest BCUT2D eigenvalue weighted by Crippen LogP contribution is 2.06. The number of carboxylic acids is 1. The van der Waals surface area contributed by atoms with Gasteiger partial charge in [-0.15, -0.1) is 0 Å². The minimum absolute atomic E-state index is 0.0447. The Labute approximate surface area is 127 Å². The van der Waals surface area contributed by atoms with Gasteiger partial charge in [0.1, 0.15) is 11.9 Å². The summed E-state index contributed by atoms with van der Waals surface area (Å²) >= 11 is 0. The third-order valence-electron chi connectivity index (χ3n) is 3.08. The molecule has 120 valence electrons. The van der Waals surface area contributed by atoms with Gasteiger partial charge in [0.25, 0.3) is 5.91 Å². The fourth-order valence-corrected chi connectivity index (χ4v) is 1.79. The van der Waals surface area contributed by atoms with Crippen LogP contribution in [0.3, 0.4) is 0 Å². The van der Waals surface area contributed by atoms with E-state index in [1.54, 1.807) is 0 Å². The van der Waals surface area contributed by atoms with Gasteiger partial charge in [0.05, 0.1) is 5.56 Å². The highest BCUT2D eigenvalue weighted by Gasteiger charge is 2.17. The Kier molecular flexibility index (Phi) is 6.96. The molecule has 0 heterocycles. The quantitative estimate of drug-likeness (QED) is 0.303. The van der Waals surface area contributed by atoms with Crippen LogP contribution in [0.4, 0.5) is 4.39 Å². The normalized spacial score (nSPS) is 11.8. The van der Waals surface area contributed by atoms with Crippen LogP contribution in [0.1, 0.15) is 29.6 Å².